The molecule has 6 nitrogen and oxygen atoms in total. The number of anilines is 2. The van der Waals surface area contributed by atoms with Crippen molar-refractivity contribution in [1.29, 1.82) is 0 Å². The zero-order valence-corrected chi connectivity index (χ0v) is 18.2. The van der Waals surface area contributed by atoms with Crippen molar-refractivity contribution in [2.24, 2.45) is 0 Å². The predicted molar refractivity (Wildman–Crippen MR) is 116 cm³/mol. The number of nitrogens with zero attached hydrogens (tertiary/aromatic N) is 3. The van der Waals surface area contributed by atoms with Crippen LogP contribution < -0.4 is 15.5 Å². The van der Waals surface area contributed by atoms with Crippen LogP contribution in [0, 0.1) is 18.6 Å². The van der Waals surface area contributed by atoms with E-state index in [1.54, 1.807) is 19.3 Å². The van der Waals surface area contributed by atoms with Gasteiger partial charge in [-0.15, -0.1) is 11.3 Å². The Bertz CT molecular complexity index is 1100. The lowest BCUT2D eigenvalue weighted by Crippen LogP contribution is -2.44. The number of imidazole rings is 1. The van der Waals surface area contributed by atoms with E-state index in [0.717, 1.165) is 35.8 Å². The van der Waals surface area contributed by atoms with Crippen molar-refractivity contribution in [1.82, 2.24) is 14.7 Å². The minimum atomic E-state index is -0.595. The Hall–Kier alpha value is -2.52. The number of halogens is 2. The van der Waals surface area contributed by atoms with Crippen LogP contribution in [0.5, 0.6) is 0 Å². The first kappa shape index (κ1) is 20.7. The first-order chi connectivity index (χ1) is 14.1. The minimum Gasteiger partial charge on any atom is -0.362 e. The number of carbonyl (C=O) groups excluding carboxylic acids is 1. The van der Waals surface area contributed by atoms with Gasteiger partial charge in [0.15, 0.2) is 11.5 Å². The molecular weight excluding hydrogens is 408 g/mol. The molecule has 0 spiro atoms. The van der Waals surface area contributed by atoms with Crippen molar-refractivity contribution < 1.29 is 13.6 Å². The maximum absolute atomic E-state index is 14.5. The van der Waals surface area contributed by atoms with Gasteiger partial charge in [0.1, 0.15) is 10.7 Å². The molecule has 0 aromatic carbocycles. The second kappa shape index (κ2) is 7.63. The number of fused-ring (bicyclic) bond motifs is 1. The van der Waals surface area contributed by atoms with Gasteiger partial charge in [0.25, 0.3) is 5.91 Å². The van der Waals surface area contributed by atoms with Crippen LogP contribution in [-0.2, 0) is 0 Å². The maximum Gasteiger partial charge on any atom is 0.268 e. The number of aryl methyl sites for hydroxylation is 1. The molecule has 1 atom stereocenters. The fourth-order valence-electron chi connectivity index (χ4n) is 3.79. The van der Waals surface area contributed by atoms with Crippen molar-refractivity contribution in [2.45, 2.75) is 45.7 Å². The van der Waals surface area contributed by atoms with Crippen molar-refractivity contribution in [3.63, 3.8) is 0 Å². The molecule has 160 valence electrons. The molecule has 1 fully saturated rings. The van der Waals surface area contributed by atoms with E-state index in [1.165, 1.54) is 16.5 Å². The molecule has 3 aromatic heterocycles. The Morgan fingerprint density at radius 2 is 2.00 bits per heavy atom. The number of thiophene rings is 1. The fraction of sp³-hybridized carbons (Fsp3) is 0.429. The molecular formula is C21H25F2N5OS. The molecule has 0 aliphatic carbocycles. The molecule has 1 aliphatic rings. The summed E-state index contributed by atoms with van der Waals surface area (Å²) in [6.07, 6.45) is 4.18. The highest BCUT2D eigenvalue weighted by molar-refractivity contribution is 7.18. The predicted octanol–water partition coefficient (Wildman–Crippen LogP) is 4.20. The van der Waals surface area contributed by atoms with Crippen LogP contribution in [0.4, 0.5) is 19.5 Å². The average molecular weight is 434 g/mol. The van der Waals surface area contributed by atoms with Gasteiger partial charge in [-0.25, -0.2) is 13.8 Å². The SMILES string of the molecule is Cc1cn2cc(NC(=O)c3sc(N4CCC(NC(C)(C)C)C4)cc3F)cc(F)c2n1. The molecule has 2 N–H and O–H groups in total. The lowest BCUT2D eigenvalue weighted by atomic mass is 10.1. The molecule has 1 amide bonds. The maximum atomic E-state index is 14.5. The summed E-state index contributed by atoms with van der Waals surface area (Å²) in [7, 11) is 0. The molecule has 1 aliphatic heterocycles. The van der Waals surface area contributed by atoms with E-state index in [-0.39, 0.29) is 21.8 Å². The summed E-state index contributed by atoms with van der Waals surface area (Å²) >= 11 is 1.11. The van der Waals surface area contributed by atoms with Crippen LogP contribution in [0.1, 0.15) is 42.6 Å². The fourth-order valence-corrected chi connectivity index (χ4v) is 4.76. The molecule has 0 saturated carbocycles. The van der Waals surface area contributed by atoms with Gasteiger partial charge in [-0.2, -0.15) is 0 Å². The van der Waals surface area contributed by atoms with Gasteiger partial charge in [0.05, 0.1) is 16.4 Å². The van der Waals surface area contributed by atoms with Crippen LogP contribution in [0.3, 0.4) is 0 Å². The lowest BCUT2D eigenvalue weighted by molar-refractivity contribution is 0.102. The number of rotatable bonds is 4. The molecule has 0 bridgehead atoms. The Morgan fingerprint density at radius 1 is 1.23 bits per heavy atom. The summed E-state index contributed by atoms with van der Waals surface area (Å²) in [4.78, 5) is 18.8. The van der Waals surface area contributed by atoms with Crippen LogP contribution in [0.15, 0.2) is 24.5 Å². The highest BCUT2D eigenvalue weighted by Crippen LogP contribution is 2.32. The number of pyridine rings is 1. The van der Waals surface area contributed by atoms with E-state index in [2.05, 4.69) is 41.3 Å². The van der Waals surface area contributed by atoms with Gasteiger partial charge in [-0.1, -0.05) is 0 Å². The molecule has 30 heavy (non-hydrogen) atoms. The topological polar surface area (TPSA) is 61.7 Å². The number of carbonyl (C=O) groups is 1. The van der Waals surface area contributed by atoms with Gasteiger partial charge in [0.2, 0.25) is 0 Å². The third kappa shape index (κ3) is 4.32. The largest absolute Gasteiger partial charge is 0.362 e. The molecule has 1 saturated heterocycles. The lowest BCUT2D eigenvalue weighted by Gasteiger charge is -2.26. The van der Waals surface area contributed by atoms with Gasteiger partial charge < -0.3 is 19.9 Å². The first-order valence-corrected chi connectivity index (χ1v) is 10.7. The van der Waals surface area contributed by atoms with E-state index >= 15 is 0 Å². The van der Waals surface area contributed by atoms with Gasteiger partial charge in [0, 0.05) is 49.2 Å². The summed E-state index contributed by atoms with van der Waals surface area (Å²) < 4.78 is 30.3. The first-order valence-electron chi connectivity index (χ1n) is 9.87. The van der Waals surface area contributed by atoms with Crippen LogP contribution in [-0.4, -0.2) is 40.0 Å². The normalized spacial score (nSPS) is 17.1. The number of hydrogen-bond acceptors (Lipinski definition) is 5. The average Bonchev–Trinajstić information content (AvgIpc) is 3.31. The molecule has 9 heteroatoms. The van der Waals surface area contributed by atoms with Crippen molar-refractivity contribution >= 4 is 33.6 Å². The summed E-state index contributed by atoms with van der Waals surface area (Å²) in [5, 5.41) is 6.88. The Kier molecular flexibility index (Phi) is 5.27. The van der Waals surface area contributed by atoms with Crippen LogP contribution in [0.2, 0.25) is 0 Å². The quantitative estimate of drug-likeness (QED) is 0.647. The van der Waals surface area contributed by atoms with E-state index in [1.807, 2.05) is 0 Å². The minimum absolute atomic E-state index is 0.0105. The number of nitrogens with one attached hydrogen (secondary N) is 2. The third-order valence-corrected chi connectivity index (χ3v) is 6.07. The Morgan fingerprint density at radius 3 is 2.73 bits per heavy atom. The molecule has 1 unspecified atom stereocenters. The number of aromatic nitrogens is 2. The highest BCUT2D eigenvalue weighted by atomic mass is 32.1. The second-order valence-corrected chi connectivity index (χ2v) is 9.76. The smallest absolute Gasteiger partial charge is 0.268 e. The summed E-state index contributed by atoms with van der Waals surface area (Å²) in [5.74, 6) is -1.72. The van der Waals surface area contributed by atoms with Crippen molar-refractivity contribution in [3.05, 3.63) is 46.7 Å². The number of hydrogen-bond donors (Lipinski definition) is 2. The molecule has 0 radical (unpaired) electrons. The third-order valence-electron chi connectivity index (χ3n) is 4.90. The van der Waals surface area contributed by atoms with Gasteiger partial charge >= 0.3 is 0 Å². The summed E-state index contributed by atoms with van der Waals surface area (Å²) in [6.45, 7) is 9.68. The van der Waals surface area contributed by atoms with Crippen molar-refractivity contribution in [2.75, 3.05) is 23.3 Å². The zero-order chi connectivity index (χ0) is 21.6. The molecule has 3 aromatic rings. The second-order valence-electron chi connectivity index (χ2n) is 8.73. The van der Waals surface area contributed by atoms with Crippen molar-refractivity contribution in [3.8, 4) is 0 Å². The summed E-state index contributed by atoms with van der Waals surface area (Å²) in [6, 6.07) is 2.91. The van der Waals surface area contributed by atoms with Gasteiger partial charge in [-0.05, 0) is 34.1 Å². The van der Waals surface area contributed by atoms with E-state index in [9.17, 15) is 13.6 Å². The van der Waals surface area contributed by atoms with E-state index < -0.39 is 17.5 Å². The standard InChI is InChI=1S/C21H25F2N5OS/c1-12-9-28-11-14(7-16(23)19(28)24-12)25-20(29)18-15(22)8-17(30-18)27-6-5-13(10-27)26-21(2,3)4/h7-9,11,13,26H,5-6,10H2,1-4H3,(H,25,29). The van der Waals surface area contributed by atoms with Crippen LogP contribution in [0.25, 0.3) is 5.65 Å². The monoisotopic (exact) mass is 433 g/mol. The summed E-state index contributed by atoms with van der Waals surface area (Å²) in [5.41, 5.74) is 1.10. The Labute approximate surface area is 177 Å². The molecule has 4 rings (SSSR count). The van der Waals surface area contributed by atoms with Crippen LogP contribution >= 0.6 is 11.3 Å². The van der Waals surface area contributed by atoms with E-state index in [4.69, 9.17) is 0 Å². The zero-order valence-electron chi connectivity index (χ0n) is 17.4. The molecule has 4 heterocycles. The van der Waals surface area contributed by atoms with Gasteiger partial charge in [-0.3, -0.25) is 4.79 Å². The highest BCUT2D eigenvalue weighted by Gasteiger charge is 2.28. The van der Waals surface area contributed by atoms with E-state index in [0.29, 0.717) is 11.7 Å². The Balaban J connectivity index is 1.49. The number of amides is 1.